The minimum Gasteiger partial charge on any atom is -0.494 e. The van der Waals surface area contributed by atoms with E-state index in [1.54, 1.807) is 0 Å². The highest BCUT2D eigenvalue weighted by Crippen LogP contribution is 2.28. The van der Waals surface area contributed by atoms with Crippen LogP contribution in [0.4, 0.5) is 17.3 Å². The smallest absolute Gasteiger partial charge is 0.177 e. The van der Waals surface area contributed by atoms with Gasteiger partial charge in [0.05, 0.1) is 30.1 Å². The van der Waals surface area contributed by atoms with Gasteiger partial charge in [-0.15, -0.1) is 0 Å². The Morgan fingerprint density at radius 1 is 1.32 bits per heavy atom. The number of aromatic nitrogens is 1. The zero-order valence-electron chi connectivity index (χ0n) is 17.7. The van der Waals surface area contributed by atoms with Crippen LogP contribution in [0.2, 0.25) is 0 Å². The molecule has 0 aliphatic carbocycles. The van der Waals surface area contributed by atoms with E-state index in [0.717, 1.165) is 34.8 Å². The van der Waals surface area contributed by atoms with Crippen LogP contribution in [-0.4, -0.2) is 41.7 Å². The minimum absolute atomic E-state index is 0.524. The average Bonchev–Trinajstić information content (AvgIpc) is 2.77. The van der Waals surface area contributed by atoms with E-state index in [1.807, 2.05) is 56.5 Å². The zero-order valence-corrected chi connectivity index (χ0v) is 18.6. The number of hydrogen-bond donors (Lipinski definition) is 5. The van der Waals surface area contributed by atoms with Gasteiger partial charge in [0.1, 0.15) is 11.6 Å². The molecule has 0 atom stereocenters. The number of rotatable bonds is 8. The fourth-order valence-electron chi connectivity index (χ4n) is 2.99. The summed E-state index contributed by atoms with van der Waals surface area (Å²) in [7, 11) is 0. The van der Waals surface area contributed by atoms with Gasteiger partial charge in [-0.3, -0.25) is 0 Å². The highest BCUT2D eigenvalue weighted by atomic mass is 32.1. The van der Waals surface area contributed by atoms with Crippen molar-refractivity contribution in [2.45, 2.75) is 20.4 Å². The highest BCUT2D eigenvalue weighted by Gasteiger charge is 2.17. The molecule has 1 aromatic heterocycles. The summed E-state index contributed by atoms with van der Waals surface area (Å²) in [6.07, 6.45) is 3.40. The van der Waals surface area contributed by atoms with Crippen LogP contribution in [0.1, 0.15) is 19.4 Å². The largest absolute Gasteiger partial charge is 0.494 e. The summed E-state index contributed by atoms with van der Waals surface area (Å²) in [4.78, 5) is 12.5. The number of ether oxygens (including phenoxy) is 1. The molecule has 1 aliphatic heterocycles. The predicted octanol–water partition coefficient (Wildman–Crippen LogP) is 1.48. The van der Waals surface area contributed by atoms with E-state index in [0.29, 0.717) is 36.4 Å². The molecule has 2 heterocycles. The molecule has 0 unspecified atom stereocenters. The van der Waals surface area contributed by atoms with Crippen LogP contribution in [-0.2, 0) is 6.54 Å². The van der Waals surface area contributed by atoms with E-state index in [4.69, 9.17) is 27.7 Å². The van der Waals surface area contributed by atoms with Crippen LogP contribution in [0.15, 0.2) is 53.2 Å². The van der Waals surface area contributed by atoms with Crippen LogP contribution >= 0.6 is 12.2 Å². The zero-order chi connectivity index (χ0) is 22.1. The maximum atomic E-state index is 5.88. The van der Waals surface area contributed by atoms with Crippen molar-refractivity contribution in [2.24, 2.45) is 10.7 Å². The Hall–Kier alpha value is -3.46. The molecule has 9 heteroatoms. The average molecular weight is 439 g/mol. The monoisotopic (exact) mass is 438 g/mol. The van der Waals surface area contributed by atoms with E-state index < -0.39 is 0 Å². The number of nitrogens with two attached hydrogens (primary N) is 1. The Bertz CT molecular complexity index is 1020. The van der Waals surface area contributed by atoms with Gasteiger partial charge in [0.2, 0.25) is 0 Å². The Morgan fingerprint density at radius 3 is 2.97 bits per heavy atom. The van der Waals surface area contributed by atoms with E-state index in [-0.39, 0.29) is 0 Å². The molecule has 3 rings (SSSR count). The van der Waals surface area contributed by atoms with Crippen molar-refractivity contribution in [1.82, 2.24) is 10.3 Å². The van der Waals surface area contributed by atoms with Gasteiger partial charge in [0.15, 0.2) is 23.7 Å². The van der Waals surface area contributed by atoms with Crippen molar-refractivity contribution in [1.29, 1.82) is 0 Å². The number of pyridine rings is 1. The number of hydrogen-bond acceptors (Lipinski definition) is 6. The molecule has 6 N–H and O–H groups in total. The van der Waals surface area contributed by atoms with Crippen molar-refractivity contribution in [3.05, 3.63) is 53.7 Å². The Kier molecular flexibility index (Phi) is 7.94. The first kappa shape index (κ1) is 22.2. The molecule has 31 heavy (non-hydrogen) atoms. The number of nitrogens with zero attached hydrogens (tertiary/aromatic N) is 2. The van der Waals surface area contributed by atoms with Crippen LogP contribution in [0.3, 0.4) is 0 Å². The lowest BCUT2D eigenvalue weighted by atomic mass is 10.1. The fraction of sp³-hybridized carbons (Fsp3) is 0.273. The second-order valence-corrected chi connectivity index (χ2v) is 7.10. The summed E-state index contributed by atoms with van der Waals surface area (Å²) < 4.78 is 5.55. The van der Waals surface area contributed by atoms with Crippen LogP contribution in [0.5, 0.6) is 5.75 Å². The summed E-state index contributed by atoms with van der Waals surface area (Å²) in [6, 6.07) is 11.8. The molecule has 0 fully saturated rings. The Labute approximate surface area is 187 Å². The number of benzene rings is 1. The lowest BCUT2D eigenvalue weighted by Crippen LogP contribution is -2.67. The third-order valence-corrected chi connectivity index (χ3v) is 4.67. The Morgan fingerprint density at radius 2 is 2.19 bits per heavy atom. The minimum atomic E-state index is 0.524. The van der Waals surface area contributed by atoms with Crippen LogP contribution in [0, 0.1) is 0 Å². The number of anilines is 2. The summed E-state index contributed by atoms with van der Waals surface area (Å²) in [6.45, 7) is 6.53. The first-order valence-corrected chi connectivity index (χ1v) is 10.6. The number of nitrogens with one attached hydrogen (secondary N) is 4. The first-order chi connectivity index (χ1) is 15.1. The molecule has 0 saturated heterocycles. The van der Waals surface area contributed by atoms with E-state index in [2.05, 4.69) is 25.9 Å². The van der Waals surface area contributed by atoms with Crippen molar-refractivity contribution in [3.63, 3.8) is 0 Å². The third kappa shape index (κ3) is 6.26. The SMILES string of the molecule is CCNC(=S)Nc1ccc2c(n1)N=C(C(C=[NH+]Cc1cccc(OCC)c1)=CN)CN2. The van der Waals surface area contributed by atoms with E-state index in [9.17, 15) is 0 Å². The lowest BCUT2D eigenvalue weighted by Gasteiger charge is -2.17. The lowest BCUT2D eigenvalue weighted by molar-refractivity contribution is -0.469. The molecule has 0 radical (unpaired) electrons. The van der Waals surface area contributed by atoms with Gasteiger partial charge in [-0.25, -0.2) is 15.0 Å². The van der Waals surface area contributed by atoms with Crippen molar-refractivity contribution >= 4 is 46.6 Å². The quantitative estimate of drug-likeness (QED) is 0.314. The van der Waals surface area contributed by atoms with Gasteiger partial charge in [-0.05, 0) is 50.3 Å². The molecule has 0 spiro atoms. The van der Waals surface area contributed by atoms with E-state index in [1.165, 1.54) is 6.20 Å². The topological polar surface area (TPSA) is 111 Å². The molecular formula is C22H28N7OS+. The molecule has 0 amide bonds. The van der Waals surface area contributed by atoms with Crippen LogP contribution < -0.4 is 31.4 Å². The van der Waals surface area contributed by atoms with Gasteiger partial charge < -0.3 is 26.4 Å². The molecule has 1 aromatic carbocycles. The van der Waals surface area contributed by atoms with Crippen LogP contribution in [0.25, 0.3) is 0 Å². The number of fused-ring (bicyclic) bond motifs is 1. The summed E-state index contributed by atoms with van der Waals surface area (Å²) >= 11 is 5.22. The first-order valence-electron chi connectivity index (χ1n) is 10.2. The van der Waals surface area contributed by atoms with Crippen molar-refractivity contribution in [2.75, 3.05) is 30.3 Å². The highest BCUT2D eigenvalue weighted by molar-refractivity contribution is 7.80. The molecule has 162 valence electrons. The predicted molar refractivity (Wildman–Crippen MR) is 130 cm³/mol. The number of thiocarbonyl (C=S) groups is 1. The maximum absolute atomic E-state index is 5.88. The molecule has 2 aromatic rings. The van der Waals surface area contributed by atoms with Crippen molar-refractivity contribution in [3.8, 4) is 5.75 Å². The molecule has 0 bridgehead atoms. The second kappa shape index (κ2) is 11.1. The van der Waals surface area contributed by atoms with Gasteiger partial charge in [0, 0.05) is 18.3 Å². The third-order valence-electron chi connectivity index (χ3n) is 4.43. The van der Waals surface area contributed by atoms with Crippen molar-refractivity contribution < 1.29 is 9.73 Å². The summed E-state index contributed by atoms with van der Waals surface area (Å²) in [5, 5.41) is 9.96. The fourth-order valence-corrected chi connectivity index (χ4v) is 3.24. The van der Waals surface area contributed by atoms with Gasteiger partial charge in [-0.2, -0.15) is 0 Å². The molecule has 1 aliphatic rings. The molecular weight excluding hydrogens is 410 g/mol. The molecule has 0 saturated carbocycles. The summed E-state index contributed by atoms with van der Waals surface area (Å²) in [5.41, 5.74) is 9.44. The number of aliphatic imine (C=N–C) groups is 1. The second-order valence-electron chi connectivity index (χ2n) is 6.69. The molecule has 8 nitrogen and oxygen atoms in total. The van der Waals surface area contributed by atoms with Gasteiger partial charge in [0.25, 0.3) is 0 Å². The van der Waals surface area contributed by atoms with E-state index >= 15 is 0 Å². The Balaban J connectivity index is 1.71. The summed E-state index contributed by atoms with van der Waals surface area (Å²) in [5.74, 6) is 2.08. The van der Waals surface area contributed by atoms with Gasteiger partial charge >= 0.3 is 0 Å². The van der Waals surface area contributed by atoms with Gasteiger partial charge in [-0.1, -0.05) is 12.1 Å². The maximum Gasteiger partial charge on any atom is 0.177 e. The normalized spacial score (nSPS) is 13.2. The standard InChI is InChI=1S/C22H27N7OS/c1-3-25-22(31)29-20-9-8-18-21(28-20)27-19(14-26-18)16(11-23)13-24-12-15-6-5-7-17(10-15)30-4-2/h5-11,13,26H,3-4,12,14,23H2,1-2H3,(H2,25,28,29,31)/p+1.